The van der Waals surface area contributed by atoms with Gasteiger partial charge in [0.25, 0.3) is 0 Å². The van der Waals surface area contributed by atoms with E-state index < -0.39 is 0 Å². The lowest BCUT2D eigenvalue weighted by molar-refractivity contribution is -0.120. The number of aromatic nitrogens is 2. The van der Waals surface area contributed by atoms with Crippen molar-refractivity contribution in [2.24, 2.45) is 0 Å². The van der Waals surface area contributed by atoms with Crippen molar-refractivity contribution in [3.8, 4) is 11.4 Å². The molecule has 0 atom stereocenters. The zero-order chi connectivity index (χ0) is 16.9. The summed E-state index contributed by atoms with van der Waals surface area (Å²) in [7, 11) is 0. The second-order valence-electron chi connectivity index (χ2n) is 5.37. The van der Waals surface area contributed by atoms with Crippen LogP contribution in [0.1, 0.15) is 17.0 Å². The molecule has 0 spiro atoms. The second-order valence-corrected chi connectivity index (χ2v) is 5.78. The molecule has 6 heteroatoms. The molecule has 0 unspecified atom stereocenters. The molecule has 122 valence electrons. The van der Waals surface area contributed by atoms with Gasteiger partial charge in [-0.15, -0.1) is 0 Å². The van der Waals surface area contributed by atoms with Crippen LogP contribution in [0, 0.1) is 6.92 Å². The molecule has 0 aliphatic carbocycles. The number of nitrogens with one attached hydrogen (secondary N) is 1. The summed E-state index contributed by atoms with van der Waals surface area (Å²) in [4.78, 5) is 16.3. The van der Waals surface area contributed by atoms with Crippen molar-refractivity contribution >= 4 is 17.5 Å². The molecule has 0 aliphatic heterocycles. The van der Waals surface area contributed by atoms with Crippen molar-refractivity contribution in [3.05, 3.63) is 70.6 Å². The van der Waals surface area contributed by atoms with Crippen LogP contribution >= 0.6 is 11.6 Å². The average Bonchev–Trinajstić information content (AvgIpc) is 3.04. The fraction of sp³-hybridized carbons (Fsp3) is 0.167. The van der Waals surface area contributed by atoms with E-state index in [9.17, 15) is 4.79 Å². The quantitative estimate of drug-likeness (QED) is 0.770. The van der Waals surface area contributed by atoms with Gasteiger partial charge in [0.15, 0.2) is 0 Å². The Morgan fingerprint density at radius 2 is 1.92 bits per heavy atom. The monoisotopic (exact) mass is 341 g/mol. The predicted octanol–water partition coefficient (Wildman–Crippen LogP) is 3.56. The van der Waals surface area contributed by atoms with E-state index in [-0.39, 0.29) is 18.9 Å². The topological polar surface area (TPSA) is 68.0 Å². The lowest BCUT2D eigenvalue weighted by Crippen LogP contribution is -2.24. The highest BCUT2D eigenvalue weighted by molar-refractivity contribution is 6.31. The molecular weight excluding hydrogens is 326 g/mol. The summed E-state index contributed by atoms with van der Waals surface area (Å²) < 4.78 is 5.20. The Hall–Kier alpha value is -2.66. The average molecular weight is 342 g/mol. The van der Waals surface area contributed by atoms with E-state index in [1.54, 1.807) is 6.07 Å². The molecule has 0 fully saturated rings. The Labute approximate surface area is 144 Å². The molecule has 0 bridgehead atoms. The first-order chi connectivity index (χ1) is 11.6. The third kappa shape index (κ3) is 3.81. The molecule has 1 N–H and O–H groups in total. The molecular formula is C18H16ClN3O2. The van der Waals surface area contributed by atoms with Crippen LogP contribution in [0.5, 0.6) is 0 Å². The minimum absolute atomic E-state index is 0.154. The van der Waals surface area contributed by atoms with Gasteiger partial charge in [0.1, 0.15) is 0 Å². The van der Waals surface area contributed by atoms with E-state index in [4.69, 9.17) is 16.1 Å². The van der Waals surface area contributed by atoms with Crippen molar-refractivity contribution in [1.82, 2.24) is 15.5 Å². The Balaban J connectivity index is 1.61. The van der Waals surface area contributed by atoms with Crippen LogP contribution in [0.25, 0.3) is 11.4 Å². The van der Waals surface area contributed by atoms with E-state index in [1.807, 2.05) is 49.4 Å². The zero-order valence-electron chi connectivity index (χ0n) is 13.1. The van der Waals surface area contributed by atoms with Gasteiger partial charge in [-0.05, 0) is 24.1 Å². The van der Waals surface area contributed by atoms with Crippen LogP contribution in [0.2, 0.25) is 5.02 Å². The number of halogens is 1. The summed E-state index contributed by atoms with van der Waals surface area (Å²) in [5, 5.41) is 7.30. The highest BCUT2D eigenvalue weighted by Crippen LogP contribution is 2.19. The molecule has 3 rings (SSSR count). The summed E-state index contributed by atoms with van der Waals surface area (Å²) >= 11 is 6.05. The number of benzene rings is 2. The maximum absolute atomic E-state index is 12.0. The lowest BCUT2D eigenvalue weighted by Gasteiger charge is -2.04. The van der Waals surface area contributed by atoms with Gasteiger partial charge in [-0.3, -0.25) is 4.79 Å². The number of rotatable bonds is 5. The fourth-order valence-corrected chi connectivity index (χ4v) is 2.51. The normalized spacial score (nSPS) is 10.6. The first kappa shape index (κ1) is 16.2. The van der Waals surface area contributed by atoms with Gasteiger partial charge in [0.05, 0.1) is 13.0 Å². The molecule has 1 heterocycles. The van der Waals surface area contributed by atoms with Crippen LogP contribution in [-0.2, 0) is 17.8 Å². The smallest absolute Gasteiger partial charge is 0.246 e. The second kappa shape index (κ2) is 7.27. The van der Waals surface area contributed by atoms with Gasteiger partial charge in [-0.2, -0.15) is 4.98 Å². The van der Waals surface area contributed by atoms with Crippen molar-refractivity contribution < 1.29 is 9.32 Å². The first-order valence-corrected chi connectivity index (χ1v) is 7.90. The van der Waals surface area contributed by atoms with E-state index in [0.29, 0.717) is 16.7 Å². The number of carbonyl (C=O) groups is 1. The molecule has 0 aliphatic rings. The van der Waals surface area contributed by atoms with Crippen LogP contribution in [0.4, 0.5) is 0 Å². The molecule has 2 aromatic carbocycles. The van der Waals surface area contributed by atoms with Crippen LogP contribution < -0.4 is 5.32 Å². The van der Waals surface area contributed by atoms with Crippen molar-refractivity contribution in [2.45, 2.75) is 19.9 Å². The van der Waals surface area contributed by atoms with Gasteiger partial charge < -0.3 is 9.84 Å². The van der Waals surface area contributed by atoms with E-state index in [2.05, 4.69) is 15.5 Å². The Morgan fingerprint density at radius 3 is 2.71 bits per heavy atom. The van der Waals surface area contributed by atoms with Gasteiger partial charge in [0, 0.05) is 10.6 Å². The molecule has 5 nitrogen and oxygen atoms in total. The molecule has 1 amide bonds. The predicted molar refractivity (Wildman–Crippen MR) is 91.5 cm³/mol. The minimum atomic E-state index is -0.154. The van der Waals surface area contributed by atoms with Crippen LogP contribution in [0.15, 0.2) is 53.1 Å². The van der Waals surface area contributed by atoms with Gasteiger partial charge in [0.2, 0.25) is 17.6 Å². The number of hydrogen-bond acceptors (Lipinski definition) is 4. The third-order valence-electron chi connectivity index (χ3n) is 3.60. The first-order valence-electron chi connectivity index (χ1n) is 7.52. The van der Waals surface area contributed by atoms with Crippen LogP contribution in [0.3, 0.4) is 0 Å². The van der Waals surface area contributed by atoms with Crippen molar-refractivity contribution in [3.63, 3.8) is 0 Å². The summed E-state index contributed by atoms with van der Waals surface area (Å²) in [5.74, 6) is 0.725. The third-order valence-corrected chi connectivity index (χ3v) is 3.97. The maximum Gasteiger partial charge on any atom is 0.246 e. The highest BCUT2D eigenvalue weighted by Gasteiger charge is 2.12. The molecule has 3 aromatic rings. The molecule has 0 saturated heterocycles. The molecule has 0 radical (unpaired) electrons. The summed E-state index contributed by atoms with van der Waals surface area (Å²) in [6, 6.07) is 15.0. The molecule has 24 heavy (non-hydrogen) atoms. The summed E-state index contributed by atoms with van der Waals surface area (Å²) in [6.45, 7) is 2.17. The van der Waals surface area contributed by atoms with Crippen LogP contribution in [-0.4, -0.2) is 16.0 Å². The summed E-state index contributed by atoms with van der Waals surface area (Å²) in [5.41, 5.74) is 2.75. The van der Waals surface area contributed by atoms with E-state index in [0.717, 1.165) is 16.7 Å². The Morgan fingerprint density at radius 1 is 1.17 bits per heavy atom. The number of nitrogens with zero attached hydrogens (tertiary/aromatic N) is 2. The van der Waals surface area contributed by atoms with Crippen molar-refractivity contribution in [2.75, 3.05) is 0 Å². The van der Waals surface area contributed by atoms with E-state index in [1.165, 1.54) is 0 Å². The Kier molecular flexibility index (Phi) is 4.91. The number of amides is 1. The van der Waals surface area contributed by atoms with Gasteiger partial charge >= 0.3 is 0 Å². The SMILES string of the molecule is Cc1ccccc1-c1noc(CNC(=O)Cc2ccccc2Cl)n1. The standard InChI is InChI=1S/C18H16ClN3O2/c1-12-6-2-4-8-14(12)18-21-17(24-22-18)11-20-16(23)10-13-7-3-5-9-15(13)19/h2-9H,10-11H2,1H3,(H,20,23). The minimum Gasteiger partial charge on any atom is -0.347 e. The van der Waals surface area contributed by atoms with Gasteiger partial charge in [-0.25, -0.2) is 0 Å². The van der Waals surface area contributed by atoms with E-state index >= 15 is 0 Å². The molecule has 0 saturated carbocycles. The van der Waals surface area contributed by atoms with Gasteiger partial charge in [-0.1, -0.05) is 59.2 Å². The maximum atomic E-state index is 12.0. The number of hydrogen-bond donors (Lipinski definition) is 1. The summed E-state index contributed by atoms with van der Waals surface area (Å²) in [6.07, 6.45) is 0.207. The van der Waals surface area contributed by atoms with Crippen molar-refractivity contribution in [1.29, 1.82) is 0 Å². The largest absolute Gasteiger partial charge is 0.347 e. The molecule has 1 aromatic heterocycles. The Bertz CT molecular complexity index is 861. The fourth-order valence-electron chi connectivity index (χ4n) is 2.31. The number of aryl methyl sites for hydroxylation is 1. The zero-order valence-corrected chi connectivity index (χ0v) is 13.9. The number of carbonyl (C=O) groups excluding carboxylic acids is 1. The lowest BCUT2D eigenvalue weighted by atomic mass is 10.1. The highest BCUT2D eigenvalue weighted by atomic mass is 35.5.